The molecule has 10 heteroatoms. The molecule has 0 aliphatic carbocycles. The number of rotatable bonds is 17. The molecule has 39 heavy (non-hydrogen) atoms. The van der Waals surface area contributed by atoms with E-state index in [1.54, 1.807) is 6.07 Å². The van der Waals surface area contributed by atoms with Crippen molar-refractivity contribution in [2.24, 2.45) is 0 Å². The Morgan fingerprint density at radius 3 is 2.41 bits per heavy atom. The summed E-state index contributed by atoms with van der Waals surface area (Å²) in [5, 5.41) is 46.6. The van der Waals surface area contributed by atoms with E-state index in [4.69, 9.17) is 14.9 Å². The lowest BCUT2D eigenvalue weighted by Gasteiger charge is -2.25. The number of amides is 1. The van der Waals surface area contributed by atoms with Crippen molar-refractivity contribution >= 4 is 28.9 Å². The van der Waals surface area contributed by atoms with Gasteiger partial charge in [-0.2, -0.15) is 0 Å². The first kappa shape index (κ1) is 31.2. The fraction of sp³-hybridized carbons (Fsp3) is 0.586. The summed E-state index contributed by atoms with van der Waals surface area (Å²) < 4.78 is 5.04. The van der Waals surface area contributed by atoms with Crippen LogP contribution in [0.25, 0.3) is 0 Å². The van der Waals surface area contributed by atoms with Gasteiger partial charge in [-0.3, -0.25) is 4.79 Å². The average molecular weight is 564 g/mol. The van der Waals surface area contributed by atoms with E-state index in [1.165, 1.54) is 16.9 Å². The molecule has 0 bridgehead atoms. The number of anilines is 1. The Kier molecular flexibility index (Phi) is 12.8. The number of aliphatic hydroxyl groups excluding tert-OH is 5. The van der Waals surface area contributed by atoms with E-state index < -0.39 is 37.5 Å². The molecule has 1 aliphatic heterocycles. The second kappa shape index (κ2) is 16.1. The highest BCUT2D eigenvalue weighted by atomic mass is 32.1. The van der Waals surface area contributed by atoms with Gasteiger partial charge in [-0.1, -0.05) is 25.0 Å². The second-order valence-electron chi connectivity index (χ2n) is 10.1. The molecule has 3 rings (SSSR count). The molecule has 2 aromatic rings. The van der Waals surface area contributed by atoms with Crippen LogP contribution in [0.5, 0.6) is 0 Å². The number of aryl methyl sites for hydroxylation is 2. The number of thiophene rings is 1. The molecular formula is C29H41NO8S. The van der Waals surface area contributed by atoms with Crippen molar-refractivity contribution in [2.75, 3.05) is 24.7 Å². The van der Waals surface area contributed by atoms with Gasteiger partial charge >= 0.3 is 5.97 Å². The highest BCUT2D eigenvalue weighted by molar-refractivity contribution is 7.13. The summed E-state index contributed by atoms with van der Waals surface area (Å²) in [5.41, 5.74) is 2.19. The minimum atomic E-state index is -1.62. The molecule has 0 saturated carbocycles. The number of carbonyl (C=O) groups excluding carboxylic acids is 2. The maximum absolute atomic E-state index is 12.7. The van der Waals surface area contributed by atoms with Crippen LogP contribution in [-0.2, 0) is 22.4 Å². The molecule has 1 aromatic heterocycles. The van der Waals surface area contributed by atoms with Gasteiger partial charge in [-0.15, -0.1) is 11.3 Å². The number of hydrogen-bond acceptors (Lipinski definition) is 9. The third-order valence-electron chi connectivity index (χ3n) is 7.10. The van der Waals surface area contributed by atoms with Crippen molar-refractivity contribution in [1.29, 1.82) is 0 Å². The van der Waals surface area contributed by atoms with Gasteiger partial charge in [0, 0.05) is 29.6 Å². The number of hydrogen-bond donors (Lipinski definition) is 5. The standard InChI is InChI=1S/C29H41NO8S/c31-17-4-2-1-3-6-20-9-11-22(12-10-20)30-21(13-16-27(30)35)7-5-8-23-14-15-26(39-23)29(37)38-19-25(34)28(36)24(33)18-32/h9-12,14-15,21,24-25,28,31-34,36H,1-8,13,16-19H2/t21-,24-,25+,28+/m0/s1. The fourth-order valence-electron chi connectivity index (χ4n) is 4.82. The van der Waals surface area contributed by atoms with Crippen LogP contribution in [0, 0.1) is 0 Å². The molecule has 1 fully saturated rings. The molecule has 216 valence electrons. The van der Waals surface area contributed by atoms with Gasteiger partial charge in [-0.25, -0.2) is 4.79 Å². The number of benzene rings is 1. The lowest BCUT2D eigenvalue weighted by atomic mass is 10.0. The van der Waals surface area contributed by atoms with Gasteiger partial charge in [0.05, 0.1) is 6.61 Å². The van der Waals surface area contributed by atoms with Crippen molar-refractivity contribution in [2.45, 2.75) is 88.6 Å². The minimum absolute atomic E-state index is 0.147. The molecule has 1 aromatic carbocycles. The lowest BCUT2D eigenvalue weighted by molar-refractivity contribution is -0.117. The maximum atomic E-state index is 12.7. The highest BCUT2D eigenvalue weighted by Gasteiger charge is 2.31. The van der Waals surface area contributed by atoms with Crippen molar-refractivity contribution in [3.63, 3.8) is 0 Å². The topological polar surface area (TPSA) is 148 Å². The molecule has 0 spiro atoms. The fourth-order valence-corrected chi connectivity index (χ4v) is 5.76. The Bertz CT molecular complexity index is 1030. The first-order valence-corrected chi connectivity index (χ1v) is 14.6. The maximum Gasteiger partial charge on any atom is 0.348 e. The zero-order valence-electron chi connectivity index (χ0n) is 22.3. The molecule has 5 N–H and O–H groups in total. The van der Waals surface area contributed by atoms with E-state index in [-0.39, 0.29) is 18.6 Å². The summed E-state index contributed by atoms with van der Waals surface area (Å²) in [6.07, 6.45) is 4.29. The van der Waals surface area contributed by atoms with Gasteiger partial charge < -0.3 is 35.2 Å². The van der Waals surface area contributed by atoms with E-state index in [9.17, 15) is 24.9 Å². The quantitative estimate of drug-likeness (QED) is 0.146. The predicted octanol–water partition coefficient (Wildman–Crippen LogP) is 2.59. The summed E-state index contributed by atoms with van der Waals surface area (Å²) in [7, 11) is 0. The van der Waals surface area contributed by atoms with E-state index in [1.807, 2.05) is 23.1 Å². The van der Waals surface area contributed by atoms with E-state index in [2.05, 4.69) is 12.1 Å². The van der Waals surface area contributed by atoms with Crippen molar-refractivity contribution in [3.05, 3.63) is 51.7 Å². The number of carbonyl (C=O) groups is 2. The molecule has 0 radical (unpaired) electrons. The van der Waals surface area contributed by atoms with E-state index in [0.29, 0.717) is 11.3 Å². The van der Waals surface area contributed by atoms with Gasteiger partial charge in [0.15, 0.2) is 0 Å². The first-order valence-electron chi connectivity index (χ1n) is 13.8. The Morgan fingerprint density at radius 1 is 0.949 bits per heavy atom. The SMILES string of the molecule is O=C(OC[C@@H](O)[C@H](O)[C@@H](O)CO)c1ccc(CCC[C@H]2CCC(=O)N2c2ccc(CCCCCCO)cc2)s1. The number of esters is 1. The lowest BCUT2D eigenvalue weighted by Crippen LogP contribution is -2.42. The molecule has 0 unspecified atom stereocenters. The Morgan fingerprint density at radius 2 is 1.69 bits per heavy atom. The Balaban J connectivity index is 1.44. The number of unbranched alkanes of at least 4 members (excludes halogenated alkanes) is 3. The monoisotopic (exact) mass is 563 g/mol. The van der Waals surface area contributed by atoms with Gasteiger partial charge in [0.1, 0.15) is 29.8 Å². The summed E-state index contributed by atoms with van der Waals surface area (Å²) in [4.78, 5) is 28.3. The zero-order chi connectivity index (χ0) is 28.2. The molecule has 9 nitrogen and oxygen atoms in total. The van der Waals surface area contributed by atoms with Gasteiger partial charge in [-0.05, 0) is 74.8 Å². The van der Waals surface area contributed by atoms with Gasteiger partial charge in [0.25, 0.3) is 0 Å². The van der Waals surface area contributed by atoms with Crippen LogP contribution in [0.2, 0.25) is 0 Å². The first-order chi connectivity index (χ1) is 18.8. The Labute approximate surface area is 233 Å². The highest BCUT2D eigenvalue weighted by Crippen LogP contribution is 2.30. The Hall–Kier alpha value is -2.34. The van der Waals surface area contributed by atoms with Crippen LogP contribution in [0.1, 0.15) is 71.5 Å². The second-order valence-corrected chi connectivity index (χ2v) is 11.2. The predicted molar refractivity (Wildman–Crippen MR) is 149 cm³/mol. The molecule has 1 aliphatic rings. The van der Waals surface area contributed by atoms with Crippen molar-refractivity contribution < 1.29 is 39.9 Å². The molecule has 1 amide bonds. The molecule has 1 saturated heterocycles. The van der Waals surface area contributed by atoms with Crippen molar-refractivity contribution in [1.82, 2.24) is 0 Å². The number of aliphatic hydroxyl groups is 5. The van der Waals surface area contributed by atoms with Crippen LogP contribution in [0.4, 0.5) is 5.69 Å². The van der Waals surface area contributed by atoms with Crippen LogP contribution in [0.15, 0.2) is 36.4 Å². The van der Waals surface area contributed by atoms with Gasteiger partial charge in [0.2, 0.25) is 5.91 Å². The summed E-state index contributed by atoms with van der Waals surface area (Å²) in [6, 6.07) is 12.0. The zero-order valence-corrected chi connectivity index (χ0v) is 23.1. The third kappa shape index (κ3) is 9.37. The normalized spacial score (nSPS) is 17.8. The smallest absolute Gasteiger partial charge is 0.348 e. The van der Waals surface area contributed by atoms with Crippen LogP contribution < -0.4 is 4.90 Å². The van der Waals surface area contributed by atoms with Crippen LogP contribution >= 0.6 is 11.3 Å². The van der Waals surface area contributed by atoms with Crippen LogP contribution in [0.3, 0.4) is 0 Å². The number of ether oxygens (including phenoxy) is 1. The largest absolute Gasteiger partial charge is 0.459 e. The molecular weight excluding hydrogens is 522 g/mol. The molecule has 2 heterocycles. The van der Waals surface area contributed by atoms with Crippen molar-refractivity contribution in [3.8, 4) is 0 Å². The summed E-state index contributed by atoms with van der Waals surface area (Å²) in [5.74, 6) is -0.478. The third-order valence-corrected chi connectivity index (χ3v) is 8.22. The minimum Gasteiger partial charge on any atom is -0.459 e. The number of nitrogens with zero attached hydrogens (tertiary/aromatic N) is 1. The van der Waals surface area contributed by atoms with E-state index in [0.717, 1.165) is 68.4 Å². The van der Waals surface area contributed by atoms with Crippen LogP contribution in [-0.4, -0.2) is 81.6 Å². The summed E-state index contributed by atoms with van der Waals surface area (Å²) >= 11 is 1.30. The molecule has 4 atom stereocenters. The summed E-state index contributed by atoms with van der Waals surface area (Å²) in [6.45, 7) is -0.963. The average Bonchev–Trinajstić information content (AvgIpc) is 3.57. The van der Waals surface area contributed by atoms with E-state index >= 15 is 0 Å².